The Labute approximate surface area is 178 Å². The van der Waals surface area contributed by atoms with Crippen LogP contribution in [-0.2, 0) is 10.8 Å². The number of nitrogen functional groups attached to an aromatic ring is 1. The molecule has 0 saturated heterocycles. The molecule has 1 aromatic heterocycles. The first kappa shape index (κ1) is 21.5. The van der Waals surface area contributed by atoms with E-state index in [0.717, 1.165) is 33.3 Å². The molecule has 0 saturated carbocycles. The lowest BCUT2D eigenvalue weighted by Gasteiger charge is -2.17. The second kappa shape index (κ2) is 9.52. The van der Waals surface area contributed by atoms with Gasteiger partial charge in [0.2, 0.25) is 0 Å². The summed E-state index contributed by atoms with van der Waals surface area (Å²) >= 11 is 2.36. The molecular formula is C17H22N8OS3. The van der Waals surface area contributed by atoms with Gasteiger partial charge in [0, 0.05) is 16.9 Å². The zero-order valence-electron chi connectivity index (χ0n) is 15.4. The molecule has 0 aliphatic rings. The van der Waals surface area contributed by atoms with Crippen molar-refractivity contribution in [1.29, 1.82) is 0 Å². The van der Waals surface area contributed by atoms with Crippen molar-refractivity contribution in [2.24, 2.45) is 27.6 Å². The zero-order valence-corrected chi connectivity index (χ0v) is 17.9. The summed E-state index contributed by atoms with van der Waals surface area (Å²) in [4.78, 5) is 5.59. The van der Waals surface area contributed by atoms with Gasteiger partial charge in [0.05, 0.1) is 30.8 Å². The molecule has 0 spiro atoms. The minimum atomic E-state index is -1.29. The van der Waals surface area contributed by atoms with Gasteiger partial charge in [-0.15, -0.1) is 5.10 Å². The third kappa shape index (κ3) is 4.37. The Bertz CT molecular complexity index is 1080. The van der Waals surface area contributed by atoms with Crippen LogP contribution in [0.4, 0.5) is 5.13 Å². The fourth-order valence-corrected chi connectivity index (χ4v) is 5.85. The minimum absolute atomic E-state index is 0.119. The number of nitrogens with two attached hydrogens (primary N) is 5. The normalized spacial score (nSPS) is 13.0. The third-order valence-electron chi connectivity index (χ3n) is 4.19. The first-order valence-corrected chi connectivity index (χ1v) is 11.6. The largest absolute Gasteiger partial charge is 0.382 e. The smallest absolute Gasteiger partial charge is 0.181 e. The number of fused-ring (bicyclic) bond motifs is 1. The lowest BCUT2D eigenvalue weighted by Crippen LogP contribution is -2.25. The van der Waals surface area contributed by atoms with Gasteiger partial charge in [0.25, 0.3) is 0 Å². The fourth-order valence-electron chi connectivity index (χ4n) is 2.97. The summed E-state index contributed by atoms with van der Waals surface area (Å²) in [6.45, 7) is 0.454. The molecule has 9 nitrogen and oxygen atoms in total. The van der Waals surface area contributed by atoms with Gasteiger partial charge in [-0.1, -0.05) is 29.5 Å². The predicted octanol–water partition coefficient (Wildman–Crippen LogP) is 1.05. The molecule has 0 aliphatic carbocycles. The van der Waals surface area contributed by atoms with Crippen LogP contribution in [-0.4, -0.2) is 27.3 Å². The van der Waals surface area contributed by atoms with Crippen LogP contribution < -0.4 is 33.7 Å². The van der Waals surface area contributed by atoms with Gasteiger partial charge < -0.3 is 17.2 Å². The molecule has 0 radical (unpaired) electrons. The second-order valence-corrected chi connectivity index (χ2v) is 9.20. The van der Waals surface area contributed by atoms with E-state index in [0.29, 0.717) is 39.2 Å². The molecule has 0 bridgehead atoms. The SMILES string of the molecule is NCCCS(=O)c1ccc(-c2cccc3sc(N)nc23)c(/C(N)=N/NN)c1SN. The number of hydrazone groups is 1. The number of amidine groups is 1. The van der Waals surface area contributed by atoms with Crippen LogP contribution in [0.25, 0.3) is 21.3 Å². The number of thiazole rings is 1. The first-order valence-electron chi connectivity index (χ1n) is 8.58. The van der Waals surface area contributed by atoms with Crippen molar-refractivity contribution in [3.05, 3.63) is 35.9 Å². The van der Waals surface area contributed by atoms with E-state index in [1.165, 1.54) is 11.3 Å². The Hall–Kier alpha value is -2.22. The van der Waals surface area contributed by atoms with Crippen LogP contribution in [0.3, 0.4) is 0 Å². The van der Waals surface area contributed by atoms with E-state index in [9.17, 15) is 4.21 Å². The van der Waals surface area contributed by atoms with Gasteiger partial charge in [0.1, 0.15) is 0 Å². The van der Waals surface area contributed by atoms with Crippen molar-refractivity contribution in [2.75, 3.05) is 18.0 Å². The summed E-state index contributed by atoms with van der Waals surface area (Å²) < 4.78 is 13.8. The molecule has 12 heteroatoms. The van der Waals surface area contributed by atoms with Crippen molar-refractivity contribution in [3.63, 3.8) is 0 Å². The number of para-hydroxylation sites is 1. The Kier molecular flexibility index (Phi) is 7.05. The number of aromatic nitrogens is 1. The molecule has 3 aromatic rings. The highest BCUT2D eigenvalue weighted by Crippen LogP contribution is 2.38. The number of benzene rings is 2. The van der Waals surface area contributed by atoms with Crippen molar-refractivity contribution in [1.82, 2.24) is 10.5 Å². The molecule has 154 valence electrons. The molecule has 1 unspecified atom stereocenters. The standard InChI is InChI=1S/C17H22N8OS3/c18-7-2-8-29(26)12-6-5-9(13(15(12)28-22)16(19)24-25-21)10-3-1-4-11-14(10)23-17(20)27-11/h1,3-6,25H,2,7-8,18,21-22H2,(H2,19,24)(H2,20,23). The second-order valence-electron chi connectivity index (χ2n) is 5.96. The highest BCUT2D eigenvalue weighted by atomic mass is 32.2. The quantitative estimate of drug-likeness (QED) is 0.0959. The van der Waals surface area contributed by atoms with Gasteiger partial charge in [-0.25, -0.2) is 16.4 Å². The highest BCUT2D eigenvalue weighted by Gasteiger charge is 2.22. The Morgan fingerprint density at radius 2 is 2.07 bits per heavy atom. The van der Waals surface area contributed by atoms with Crippen LogP contribution in [0, 0.1) is 0 Å². The number of anilines is 1. The van der Waals surface area contributed by atoms with E-state index >= 15 is 0 Å². The summed E-state index contributed by atoms with van der Waals surface area (Å²) in [6, 6.07) is 9.40. The Balaban J connectivity index is 2.29. The zero-order chi connectivity index (χ0) is 21.0. The fraction of sp³-hybridized carbons (Fsp3) is 0.176. The first-order chi connectivity index (χ1) is 14.0. The van der Waals surface area contributed by atoms with Crippen LogP contribution in [0.15, 0.2) is 45.2 Å². The summed E-state index contributed by atoms with van der Waals surface area (Å²) in [5.74, 6) is 5.89. The lowest BCUT2D eigenvalue weighted by atomic mass is 9.98. The molecule has 2 aromatic carbocycles. The average Bonchev–Trinajstić information content (AvgIpc) is 3.11. The van der Waals surface area contributed by atoms with Crippen molar-refractivity contribution in [2.45, 2.75) is 16.2 Å². The van der Waals surface area contributed by atoms with Crippen LogP contribution >= 0.6 is 23.3 Å². The minimum Gasteiger partial charge on any atom is -0.382 e. The van der Waals surface area contributed by atoms with E-state index in [-0.39, 0.29) is 5.84 Å². The molecule has 1 atom stereocenters. The van der Waals surface area contributed by atoms with Crippen molar-refractivity contribution >= 4 is 55.3 Å². The molecule has 0 amide bonds. The molecule has 0 aliphatic heterocycles. The van der Waals surface area contributed by atoms with E-state index < -0.39 is 10.8 Å². The third-order valence-corrected chi connectivity index (χ3v) is 7.31. The average molecular weight is 451 g/mol. The number of nitrogens with one attached hydrogen (secondary N) is 1. The summed E-state index contributed by atoms with van der Waals surface area (Å²) in [6.07, 6.45) is 0.629. The van der Waals surface area contributed by atoms with Crippen LogP contribution in [0.1, 0.15) is 12.0 Å². The number of nitrogens with zero attached hydrogens (tertiary/aromatic N) is 2. The van der Waals surface area contributed by atoms with Gasteiger partial charge in [-0.2, -0.15) is 0 Å². The lowest BCUT2D eigenvalue weighted by molar-refractivity contribution is 0.679. The van der Waals surface area contributed by atoms with E-state index in [4.69, 9.17) is 28.2 Å². The highest BCUT2D eigenvalue weighted by molar-refractivity contribution is 7.97. The van der Waals surface area contributed by atoms with Crippen molar-refractivity contribution in [3.8, 4) is 11.1 Å². The van der Waals surface area contributed by atoms with Gasteiger partial charge in [0.15, 0.2) is 11.0 Å². The van der Waals surface area contributed by atoms with E-state index in [2.05, 4.69) is 15.6 Å². The molecule has 0 fully saturated rings. The predicted molar refractivity (Wildman–Crippen MR) is 123 cm³/mol. The van der Waals surface area contributed by atoms with Gasteiger partial charge >= 0.3 is 0 Å². The summed E-state index contributed by atoms with van der Waals surface area (Å²) in [5.41, 5.74) is 22.7. The van der Waals surface area contributed by atoms with Crippen molar-refractivity contribution < 1.29 is 4.21 Å². The topological polar surface area (TPSA) is 184 Å². The molecule has 29 heavy (non-hydrogen) atoms. The summed E-state index contributed by atoms with van der Waals surface area (Å²) in [5, 5.41) is 10.4. The monoisotopic (exact) mass is 450 g/mol. The van der Waals surface area contributed by atoms with Gasteiger partial charge in [-0.05, 0) is 42.6 Å². The van der Waals surface area contributed by atoms with Gasteiger partial charge in [-0.3, -0.25) is 9.35 Å². The summed E-state index contributed by atoms with van der Waals surface area (Å²) in [7, 11) is -1.29. The Morgan fingerprint density at radius 1 is 1.28 bits per heavy atom. The van der Waals surface area contributed by atoms with Crippen LogP contribution in [0.2, 0.25) is 0 Å². The maximum absolute atomic E-state index is 12.8. The molecular weight excluding hydrogens is 428 g/mol. The maximum Gasteiger partial charge on any atom is 0.181 e. The number of hydrazine groups is 1. The molecule has 1 heterocycles. The van der Waals surface area contributed by atoms with E-state index in [1.54, 1.807) is 6.07 Å². The molecule has 3 rings (SSSR count). The number of hydrogen-bond donors (Lipinski definition) is 6. The number of rotatable bonds is 8. The number of hydrogen-bond acceptors (Lipinski definition) is 10. The van der Waals surface area contributed by atoms with Crippen LogP contribution in [0.5, 0.6) is 0 Å². The molecule has 11 N–H and O–H groups in total. The maximum atomic E-state index is 12.8. The van der Waals surface area contributed by atoms with E-state index in [1.807, 2.05) is 24.3 Å². The Morgan fingerprint density at radius 3 is 2.76 bits per heavy atom.